The standard InChI is InChI=1S/C12H27FOSi/c1-11(13)9-7-8-10-14-15(5,6)12(2,3)4/h11H,7-10H2,1-6H3. The summed E-state index contributed by atoms with van der Waals surface area (Å²) >= 11 is 0. The lowest BCUT2D eigenvalue weighted by Gasteiger charge is -2.36. The Morgan fingerprint density at radius 3 is 2.13 bits per heavy atom. The predicted octanol–water partition coefficient (Wildman–Crippen LogP) is 4.54. The zero-order chi connectivity index (χ0) is 12.1. The highest BCUT2D eigenvalue weighted by atomic mass is 28.4. The van der Waals surface area contributed by atoms with Crippen molar-refractivity contribution in [2.24, 2.45) is 0 Å². The van der Waals surface area contributed by atoms with E-state index in [-0.39, 0.29) is 5.04 Å². The van der Waals surface area contributed by atoms with Gasteiger partial charge in [-0.15, -0.1) is 0 Å². The molecule has 0 aliphatic heterocycles. The van der Waals surface area contributed by atoms with E-state index < -0.39 is 14.5 Å². The van der Waals surface area contributed by atoms with Gasteiger partial charge in [-0.1, -0.05) is 20.8 Å². The maximum atomic E-state index is 12.5. The molecule has 0 radical (unpaired) electrons. The third kappa shape index (κ3) is 6.31. The van der Waals surface area contributed by atoms with Crippen molar-refractivity contribution in [3.8, 4) is 0 Å². The van der Waals surface area contributed by atoms with Gasteiger partial charge in [0, 0.05) is 6.61 Å². The highest BCUT2D eigenvalue weighted by Gasteiger charge is 2.36. The Kier molecular flexibility index (Phi) is 6.04. The summed E-state index contributed by atoms with van der Waals surface area (Å²) in [6.45, 7) is 13.6. The van der Waals surface area contributed by atoms with Gasteiger partial charge in [-0.05, 0) is 44.3 Å². The summed E-state index contributed by atoms with van der Waals surface area (Å²) in [5, 5.41) is 0.278. The summed E-state index contributed by atoms with van der Waals surface area (Å²) in [4.78, 5) is 0. The summed E-state index contributed by atoms with van der Waals surface area (Å²) < 4.78 is 18.5. The van der Waals surface area contributed by atoms with Crippen LogP contribution in [0.1, 0.15) is 47.0 Å². The minimum atomic E-state index is -1.58. The molecule has 0 fully saturated rings. The van der Waals surface area contributed by atoms with E-state index >= 15 is 0 Å². The molecule has 1 atom stereocenters. The Balaban J connectivity index is 3.68. The first-order valence-electron chi connectivity index (χ1n) is 5.95. The van der Waals surface area contributed by atoms with Crippen LogP contribution >= 0.6 is 0 Å². The largest absolute Gasteiger partial charge is 0.417 e. The molecule has 0 aromatic carbocycles. The lowest BCUT2D eigenvalue weighted by atomic mass is 10.2. The second kappa shape index (κ2) is 5.99. The molecule has 0 saturated carbocycles. The van der Waals surface area contributed by atoms with Crippen LogP contribution in [-0.4, -0.2) is 21.1 Å². The van der Waals surface area contributed by atoms with Crippen molar-refractivity contribution in [3.05, 3.63) is 0 Å². The SMILES string of the molecule is CC(F)CCCCO[Si](C)(C)C(C)(C)C. The molecule has 0 N–H and O–H groups in total. The molecule has 0 heterocycles. The summed E-state index contributed by atoms with van der Waals surface area (Å²) in [5.74, 6) is 0. The molecule has 1 unspecified atom stereocenters. The molecule has 0 aliphatic carbocycles. The Labute approximate surface area is 95.5 Å². The molecule has 15 heavy (non-hydrogen) atoms. The van der Waals surface area contributed by atoms with E-state index in [4.69, 9.17) is 4.43 Å². The maximum Gasteiger partial charge on any atom is 0.191 e. The number of alkyl halides is 1. The van der Waals surface area contributed by atoms with Crippen molar-refractivity contribution in [1.82, 2.24) is 0 Å². The average Bonchev–Trinajstić information content (AvgIpc) is 2.00. The second-order valence-corrected chi connectivity index (χ2v) is 10.7. The van der Waals surface area contributed by atoms with Crippen LogP contribution in [0.4, 0.5) is 4.39 Å². The first-order valence-corrected chi connectivity index (χ1v) is 8.85. The summed E-state index contributed by atoms with van der Waals surface area (Å²) in [6.07, 6.45) is 1.92. The third-order valence-corrected chi connectivity index (χ3v) is 7.80. The van der Waals surface area contributed by atoms with Gasteiger partial charge in [-0.25, -0.2) is 4.39 Å². The van der Waals surface area contributed by atoms with Gasteiger partial charge in [0.2, 0.25) is 0 Å². The van der Waals surface area contributed by atoms with Crippen LogP contribution in [0.2, 0.25) is 18.1 Å². The number of unbranched alkanes of at least 4 members (excludes halogenated alkanes) is 1. The quantitative estimate of drug-likeness (QED) is 0.484. The first-order chi connectivity index (χ1) is 6.67. The lowest BCUT2D eigenvalue weighted by molar-refractivity contribution is 0.265. The molecule has 0 aromatic rings. The lowest BCUT2D eigenvalue weighted by Crippen LogP contribution is -2.40. The molecule has 1 nitrogen and oxygen atoms in total. The fourth-order valence-corrected chi connectivity index (χ4v) is 2.16. The van der Waals surface area contributed by atoms with Crippen LogP contribution in [0.3, 0.4) is 0 Å². The van der Waals surface area contributed by atoms with Crippen LogP contribution in [0.25, 0.3) is 0 Å². The van der Waals surface area contributed by atoms with E-state index in [0.29, 0.717) is 6.42 Å². The van der Waals surface area contributed by atoms with Crippen LogP contribution in [0.15, 0.2) is 0 Å². The summed E-state index contributed by atoms with van der Waals surface area (Å²) in [7, 11) is -1.58. The fourth-order valence-electron chi connectivity index (χ4n) is 1.07. The van der Waals surface area contributed by atoms with Gasteiger partial charge in [0.05, 0.1) is 6.17 Å². The fraction of sp³-hybridized carbons (Fsp3) is 1.00. The molecular weight excluding hydrogens is 207 g/mol. The molecule has 92 valence electrons. The molecule has 0 spiro atoms. The van der Waals surface area contributed by atoms with Gasteiger partial charge in [0.25, 0.3) is 0 Å². The monoisotopic (exact) mass is 234 g/mol. The van der Waals surface area contributed by atoms with Crippen molar-refractivity contribution in [1.29, 1.82) is 0 Å². The van der Waals surface area contributed by atoms with Crippen LogP contribution < -0.4 is 0 Å². The summed E-state index contributed by atoms with van der Waals surface area (Å²) in [6, 6.07) is 0. The van der Waals surface area contributed by atoms with Crippen LogP contribution in [-0.2, 0) is 4.43 Å². The topological polar surface area (TPSA) is 9.23 Å². The number of rotatable bonds is 6. The third-order valence-electron chi connectivity index (χ3n) is 3.27. The molecule has 0 aromatic heterocycles. The first kappa shape index (κ1) is 15.1. The predicted molar refractivity (Wildman–Crippen MR) is 67.6 cm³/mol. The Morgan fingerprint density at radius 1 is 1.20 bits per heavy atom. The number of hydrogen-bond donors (Lipinski definition) is 0. The molecule has 0 bridgehead atoms. The second-order valence-electron chi connectivity index (χ2n) is 5.89. The average molecular weight is 234 g/mol. The van der Waals surface area contributed by atoms with Crippen LogP contribution in [0.5, 0.6) is 0 Å². The van der Waals surface area contributed by atoms with E-state index in [9.17, 15) is 4.39 Å². The van der Waals surface area contributed by atoms with Crippen molar-refractivity contribution < 1.29 is 8.82 Å². The van der Waals surface area contributed by atoms with Gasteiger partial charge in [-0.3, -0.25) is 0 Å². The van der Waals surface area contributed by atoms with Gasteiger partial charge in [-0.2, -0.15) is 0 Å². The highest BCUT2D eigenvalue weighted by molar-refractivity contribution is 6.74. The minimum Gasteiger partial charge on any atom is -0.417 e. The van der Waals surface area contributed by atoms with E-state index in [1.54, 1.807) is 6.92 Å². The smallest absolute Gasteiger partial charge is 0.191 e. The van der Waals surface area contributed by atoms with Gasteiger partial charge >= 0.3 is 0 Å². The molecular formula is C12H27FOSi. The van der Waals surface area contributed by atoms with Gasteiger partial charge < -0.3 is 4.43 Å². The number of hydrogen-bond acceptors (Lipinski definition) is 1. The van der Waals surface area contributed by atoms with Gasteiger partial charge in [0.15, 0.2) is 8.32 Å². The van der Waals surface area contributed by atoms with Crippen LogP contribution in [0, 0.1) is 0 Å². The Morgan fingerprint density at radius 2 is 1.73 bits per heavy atom. The molecule has 0 aliphatic rings. The molecule has 0 rings (SSSR count). The van der Waals surface area contributed by atoms with Gasteiger partial charge in [0.1, 0.15) is 0 Å². The van der Waals surface area contributed by atoms with Crippen molar-refractivity contribution in [2.75, 3.05) is 6.61 Å². The zero-order valence-electron chi connectivity index (χ0n) is 11.2. The normalized spacial score (nSPS) is 15.4. The molecule has 0 amide bonds. The van der Waals surface area contributed by atoms with E-state index in [0.717, 1.165) is 19.4 Å². The summed E-state index contributed by atoms with van der Waals surface area (Å²) in [5.41, 5.74) is 0. The van der Waals surface area contributed by atoms with E-state index in [2.05, 4.69) is 33.9 Å². The van der Waals surface area contributed by atoms with Crippen molar-refractivity contribution >= 4 is 8.32 Å². The minimum absolute atomic E-state index is 0.278. The Bertz CT molecular complexity index is 173. The molecule has 0 saturated heterocycles. The number of halogens is 1. The Hall–Kier alpha value is 0.107. The zero-order valence-corrected chi connectivity index (χ0v) is 12.2. The van der Waals surface area contributed by atoms with E-state index in [1.807, 2.05) is 0 Å². The maximum absolute atomic E-state index is 12.5. The van der Waals surface area contributed by atoms with Crippen molar-refractivity contribution in [3.63, 3.8) is 0 Å². The van der Waals surface area contributed by atoms with Crippen molar-refractivity contribution in [2.45, 2.75) is 71.3 Å². The molecule has 3 heteroatoms. The van der Waals surface area contributed by atoms with E-state index in [1.165, 1.54) is 0 Å². The highest BCUT2D eigenvalue weighted by Crippen LogP contribution is 2.36.